The highest BCUT2D eigenvalue weighted by Crippen LogP contribution is 2.29. The Bertz CT molecular complexity index is 1200. The van der Waals surface area contributed by atoms with Gasteiger partial charge in [0.25, 0.3) is 11.8 Å². The number of aromatic nitrogens is 2. The predicted molar refractivity (Wildman–Crippen MR) is 137 cm³/mol. The van der Waals surface area contributed by atoms with E-state index in [1.807, 2.05) is 25.7 Å². The van der Waals surface area contributed by atoms with Crippen molar-refractivity contribution in [2.24, 2.45) is 0 Å². The highest BCUT2D eigenvalue weighted by atomic mass is 35.5. The minimum Gasteiger partial charge on any atom is -0.444 e. The number of aliphatic hydroxyl groups is 1. The number of anilines is 2. The summed E-state index contributed by atoms with van der Waals surface area (Å²) in [6, 6.07) is 3.82. The van der Waals surface area contributed by atoms with E-state index in [9.17, 15) is 23.9 Å². The molecule has 38 heavy (non-hydrogen) atoms. The van der Waals surface area contributed by atoms with Crippen molar-refractivity contribution in [2.75, 3.05) is 42.5 Å². The third-order valence-electron chi connectivity index (χ3n) is 6.20. The third kappa shape index (κ3) is 6.13. The molecule has 1 aromatic heterocycles. The molecule has 3 heterocycles. The zero-order valence-corrected chi connectivity index (χ0v) is 22.2. The molecule has 4 rings (SSSR count). The van der Waals surface area contributed by atoms with Crippen LogP contribution in [0.4, 0.5) is 20.8 Å². The Balaban J connectivity index is 1.34. The van der Waals surface area contributed by atoms with Crippen LogP contribution in [0.25, 0.3) is 0 Å². The molecule has 1 aromatic carbocycles. The van der Waals surface area contributed by atoms with Gasteiger partial charge in [-0.2, -0.15) is 0 Å². The largest absolute Gasteiger partial charge is 0.444 e. The Morgan fingerprint density at radius 3 is 2.39 bits per heavy atom. The van der Waals surface area contributed by atoms with Crippen molar-refractivity contribution in [1.82, 2.24) is 20.2 Å². The smallest absolute Gasteiger partial charge is 0.410 e. The lowest BCUT2D eigenvalue weighted by Crippen LogP contribution is -2.52. The molecule has 0 saturated carbocycles. The monoisotopic (exact) mass is 548 g/mol. The van der Waals surface area contributed by atoms with Crippen molar-refractivity contribution in [3.05, 3.63) is 47.0 Å². The molecule has 2 aromatic rings. The molecule has 13 heteroatoms. The number of carbonyl (C=O) groups excluding carboxylic acids is 3. The zero-order chi connectivity index (χ0) is 27.7. The van der Waals surface area contributed by atoms with Crippen molar-refractivity contribution in [2.45, 2.75) is 44.9 Å². The first-order chi connectivity index (χ1) is 17.9. The normalized spacial score (nSPS) is 20.1. The fraction of sp³-hybridized carbons (Fsp3) is 0.480. The minimum atomic E-state index is -2.27. The molecular weight excluding hydrogens is 519 g/mol. The maximum absolute atomic E-state index is 13.5. The van der Waals surface area contributed by atoms with Gasteiger partial charge in [-0.25, -0.2) is 19.2 Å². The molecule has 2 N–H and O–H groups in total. The molecule has 2 saturated heterocycles. The molecule has 0 radical (unpaired) electrons. The Labute approximate surface area is 224 Å². The molecule has 3 amide bonds. The number of hydrogen-bond acceptors (Lipinski definition) is 8. The quantitative estimate of drug-likeness (QED) is 0.544. The second-order valence-electron chi connectivity index (χ2n) is 10.2. The summed E-state index contributed by atoms with van der Waals surface area (Å²) in [5.41, 5.74) is -2.10. The standard InChI is InChI=1S/C25H30ClFN6O5/c1-24(2,3)38-23(36)32-8-6-31(7-9-32)22-29-14-19(15-30-22)33-5-4-25(37,21(33)35)20(34)28-13-16-10-17(26)12-18(27)11-16/h10-12,14-15,37H,4-9,13H2,1-3H3,(H,28,34). The Kier molecular flexibility index (Phi) is 7.75. The van der Waals surface area contributed by atoms with Gasteiger partial charge in [-0.05, 0) is 44.5 Å². The highest BCUT2D eigenvalue weighted by molar-refractivity contribution is 6.30. The molecule has 2 aliphatic heterocycles. The van der Waals surface area contributed by atoms with E-state index in [2.05, 4.69) is 15.3 Å². The van der Waals surface area contributed by atoms with Crippen LogP contribution in [-0.4, -0.2) is 81.8 Å². The second kappa shape index (κ2) is 10.7. The number of amides is 3. The van der Waals surface area contributed by atoms with Gasteiger partial charge in [-0.1, -0.05) is 11.6 Å². The van der Waals surface area contributed by atoms with Crippen LogP contribution in [0.2, 0.25) is 5.02 Å². The average molecular weight is 549 g/mol. The summed E-state index contributed by atoms with van der Waals surface area (Å²) in [5.74, 6) is -1.80. The Morgan fingerprint density at radius 1 is 1.13 bits per heavy atom. The lowest BCUT2D eigenvalue weighted by atomic mass is 10.0. The van der Waals surface area contributed by atoms with Gasteiger partial charge >= 0.3 is 6.09 Å². The minimum absolute atomic E-state index is 0.0891. The van der Waals surface area contributed by atoms with Gasteiger partial charge < -0.3 is 29.9 Å². The van der Waals surface area contributed by atoms with Crippen LogP contribution < -0.4 is 15.1 Å². The summed E-state index contributed by atoms with van der Waals surface area (Å²) in [6.45, 7) is 7.37. The van der Waals surface area contributed by atoms with E-state index in [1.165, 1.54) is 29.4 Å². The molecule has 1 atom stereocenters. The van der Waals surface area contributed by atoms with E-state index >= 15 is 0 Å². The van der Waals surface area contributed by atoms with Gasteiger partial charge in [-0.15, -0.1) is 0 Å². The summed E-state index contributed by atoms with van der Waals surface area (Å²) in [4.78, 5) is 51.5. The summed E-state index contributed by atoms with van der Waals surface area (Å²) in [6.07, 6.45) is 2.42. The van der Waals surface area contributed by atoms with Crippen LogP contribution in [0.3, 0.4) is 0 Å². The van der Waals surface area contributed by atoms with Crippen LogP contribution in [0.1, 0.15) is 32.8 Å². The van der Waals surface area contributed by atoms with Crippen molar-refractivity contribution in [3.63, 3.8) is 0 Å². The highest BCUT2D eigenvalue weighted by Gasteiger charge is 2.51. The predicted octanol–water partition coefficient (Wildman–Crippen LogP) is 2.11. The number of piperazine rings is 1. The van der Waals surface area contributed by atoms with E-state index in [4.69, 9.17) is 16.3 Å². The number of hydrogen-bond donors (Lipinski definition) is 2. The van der Waals surface area contributed by atoms with Crippen molar-refractivity contribution in [1.29, 1.82) is 0 Å². The Morgan fingerprint density at radius 2 is 1.79 bits per heavy atom. The number of halogens is 2. The van der Waals surface area contributed by atoms with Crippen molar-refractivity contribution in [3.8, 4) is 0 Å². The number of carbonyl (C=O) groups is 3. The van der Waals surface area contributed by atoms with E-state index in [-0.39, 0.29) is 30.6 Å². The van der Waals surface area contributed by atoms with Crippen LogP contribution in [0.15, 0.2) is 30.6 Å². The van der Waals surface area contributed by atoms with E-state index in [0.29, 0.717) is 43.4 Å². The molecule has 1 unspecified atom stereocenters. The lowest BCUT2D eigenvalue weighted by Gasteiger charge is -2.35. The maximum Gasteiger partial charge on any atom is 0.410 e. The van der Waals surface area contributed by atoms with E-state index in [0.717, 1.165) is 6.07 Å². The molecular formula is C25H30ClFN6O5. The fourth-order valence-corrected chi connectivity index (χ4v) is 4.48. The van der Waals surface area contributed by atoms with E-state index in [1.54, 1.807) is 4.90 Å². The topological polar surface area (TPSA) is 128 Å². The van der Waals surface area contributed by atoms with Gasteiger partial charge in [0, 0.05) is 50.7 Å². The van der Waals surface area contributed by atoms with Gasteiger partial charge in [0.1, 0.15) is 11.4 Å². The van der Waals surface area contributed by atoms with Gasteiger partial charge in [0.05, 0.1) is 18.1 Å². The van der Waals surface area contributed by atoms with Gasteiger partial charge in [0.15, 0.2) is 0 Å². The first kappa shape index (κ1) is 27.5. The SMILES string of the molecule is CC(C)(C)OC(=O)N1CCN(c2ncc(N3CCC(O)(C(=O)NCc4cc(F)cc(Cl)c4)C3=O)cn2)CC1. The number of ether oxygens (including phenoxy) is 1. The first-order valence-electron chi connectivity index (χ1n) is 12.2. The number of nitrogens with one attached hydrogen (secondary N) is 1. The van der Waals surface area contributed by atoms with Crippen LogP contribution in [0, 0.1) is 5.82 Å². The fourth-order valence-electron chi connectivity index (χ4n) is 4.24. The number of nitrogens with zero attached hydrogens (tertiary/aromatic N) is 5. The lowest BCUT2D eigenvalue weighted by molar-refractivity contribution is -0.149. The Hall–Kier alpha value is -3.51. The average Bonchev–Trinajstić information content (AvgIpc) is 3.16. The van der Waals surface area contributed by atoms with Gasteiger partial charge in [0.2, 0.25) is 11.5 Å². The van der Waals surface area contributed by atoms with Gasteiger partial charge in [-0.3, -0.25) is 9.59 Å². The molecule has 2 fully saturated rings. The molecule has 11 nitrogen and oxygen atoms in total. The first-order valence-corrected chi connectivity index (χ1v) is 12.6. The van der Waals surface area contributed by atoms with Crippen molar-refractivity contribution < 1.29 is 28.6 Å². The van der Waals surface area contributed by atoms with Crippen molar-refractivity contribution >= 4 is 41.1 Å². The number of rotatable bonds is 5. The molecule has 204 valence electrons. The summed E-state index contributed by atoms with van der Waals surface area (Å²) < 4.78 is 18.9. The van der Waals surface area contributed by atoms with Crippen LogP contribution in [0.5, 0.6) is 0 Å². The van der Waals surface area contributed by atoms with Crippen LogP contribution >= 0.6 is 11.6 Å². The second-order valence-corrected chi connectivity index (χ2v) is 10.7. The summed E-state index contributed by atoms with van der Waals surface area (Å²) in [7, 11) is 0. The maximum atomic E-state index is 13.5. The molecule has 0 aliphatic carbocycles. The molecule has 0 bridgehead atoms. The van der Waals surface area contributed by atoms with E-state index < -0.39 is 28.8 Å². The number of benzene rings is 1. The van der Waals surface area contributed by atoms with Crippen LogP contribution in [-0.2, 0) is 20.9 Å². The summed E-state index contributed by atoms with van der Waals surface area (Å²) >= 11 is 5.83. The molecule has 0 spiro atoms. The zero-order valence-electron chi connectivity index (χ0n) is 21.4. The third-order valence-corrected chi connectivity index (χ3v) is 6.42. The molecule has 2 aliphatic rings. The summed E-state index contributed by atoms with van der Waals surface area (Å²) in [5, 5.41) is 13.5.